The highest BCUT2D eigenvalue weighted by atomic mass is 16.3. The molecular formula is C17H22N2O2. The quantitative estimate of drug-likeness (QED) is 0.852. The highest BCUT2D eigenvalue weighted by Gasteiger charge is 2.44. The molecule has 1 aromatic carbocycles. The molecule has 2 atom stereocenters. The first-order valence-electron chi connectivity index (χ1n) is 7.56. The van der Waals surface area contributed by atoms with E-state index in [0.717, 1.165) is 17.4 Å². The van der Waals surface area contributed by atoms with Crippen LogP contribution in [0.15, 0.2) is 30.3 Å². The number of likely N-dealkylation sites (tertiary alicyclic amines) is 1. The third-order valence-electron chi connectivity index (χ3n) is 4.72. The fourth-order valence-electron chi connectivity index (χ4n) is 3.40. The summed E-state index contributed by atoms with van der Waals surface area (Å²) in [4.78, 5) is 18.1. The zero-order valence-electron chi connectivity index (χ0n) is 12.6. The van der Waals surface area contributed by atoms with Crippen LogP contribution in [-0.4, -0.2) is 46.5 Å². The Morgan fingerprint density at radius 2 is 2.24 bits per heavy atom. The standard InChI is InChI=1S/C17H22N2O2/c1-3-17(21)11-19(2)9-8-13(17)16(20)15-10-12-6-4-5-7-14(12)18-15/h4-7,10,13,18,21H,3,8-9,11H2,1-2H3/t13-,17+/m0/s1. The minimum absolute atomic E-state index is 0.0312. The Kier molecular flexibility index (Phi) is 3.59. The summed E-state index contributed by atoms with van der Waals surface area (Å²) >= 11 is 0. The Morgan fingerprint density at radius 3 is 2.95 bits per heavy atom. The van der Waals surface area contributed by atoms with Crippen LogP contribution in [0.4, 0.5) is 0 Å². The highest BCUT2D eigenvalue weighted by Crippen LogP contribution is 2.33. The van der Waals surface area contributed by atoms with Crippen molar-refractivity contribution in [1.82, 2.24) is 9.88 Å². The summed E-state index contributed by atoms with van der Waals surface area (Å²) in [6.07, 6.45) is 1.29. The molecular weight excluding hydrogens is 264 g/mol. The number of aliphatic hydroxyl groups is 1. The summed E-state index contributed by atoms with van der Waals surface area (Å²) in [7, 11) is 1.99. The van der Waals surface area contributed by atoms with Crippen LogP contribution in [0.1, 0.15) is 30.3 Å². The number of fused-ring (bicyclic) bond motifs is 1. The molecule has 4 heteroatoms. The van der Waals surface area contributed by atoms with E-state index in [0.29, 0.717) is 25.1 Å². The molecule has 0 radical (unpaired) electrons. The number of aromatic nitrogens is 1. The second kappa shape index (κ2) is 5.28. The molecule has 112 valence electrons. The van der Waals surface area contributed by atoms with E-state index in [4.69, 9.17) is 0 Å². The van der Waals surface area contributed by atoms with E-state index in [2.05, 4.69) is 9.88 Å². The summed E-state index contributed by atoms with van der Waals surface area (Å²) in [5.41, 5.74) is 0.646. The van der Waals surface area contributed by atoms with Crippen molar-refractivity contribution < 1.29 is 9.90 Å². The van der Waals surface area contributed by atoms with Gasteiger partial charge in [-0.05, 0) is 38.6 Å². The fraction of sp³-hybridized carbons (Fsp3) is 0.471. The lowest BCUT2D eigenvalue weighted by Gasteiger charge is -2.42. The molecule has 0 spiro atoms. The van der Waals surface area contributed by atoms with E-state index in [-0.39, 0.29) is 11.7 Å². The number of rotatable bonds is 3. The second-order valence-corrected chi connectivity index (χ2v) is 6.17. The number of nitrogens with zero attached hydrogens (tertiary/aromatic N) is 1. The van der Waals surface area contributed by atoms with Crippen molar-refractivity contribution >= 4 is 16.7 Å². The molecule has 4 nitrogen and oxygen atoms in total. The molecule has 1 aliphatic heterocycles. The van der Waals surface area contributed by atoms with Gasteiger partial charge in [-0.3, -0.25) is 4.79 Å². The average molecular weight is 286 g/mol. The van der Waals surface area contributed by atoms with Crippen molar-refractivity contribution in [3.8, 4) is 0 Å². The molecule has 1 fully saturated rings. The number of Topliss-reactive ketones (excluding diaryl/α,β-unsaturated/α-hetero) is 1. The second-order valence-electron chi connectivity index (χ2n) is 6.17. The van der Waals surface area contributed by atoms with Crippen LogP contribution < -0.4 is 0 Å². The Hall–Kier alpha value is -1.65. The van der Waals surface area contributed by atoms with E-state index >= 15 is 0 Å². The molecule has 0 bridgehead atoms. The van der Waals surface area contributed by atoms with Crippen LogP contribution in [0.25, 0.3) is 10.9 Å². The van der Waals surface area contributed by atoms with E-state index in [1.54, 1.807) is 0 Å². The summed E-state index contributed by atoms with van der Waals surface area (Å²) in [5, 5.41) is 11.9. The smallest absolute Gasteiger partial charge is 0.185 e. The monoisotopic (exact) mass is 286 g/mol. The van der Waals surface area contributed by atoms with Crippen molar-refractivity contribution in [2.45, 2.75) is 25.4 Å². The van der Waals surface area contributed by atoms with Gasteiger partial charge in [-0.25, -0.2) is 0 Å². The van der Waals surface area contributed by atoms with Crippen molar-refractivity contribution in [3.63, 3.8) is 0 Å². The molecule has 21 heavy (non-hydrogen) atoms. The minimum Gasteiger partial charge on any atom is -0.388 e. The molecule has 2 aromatic rings. The number of carbonyl (C=O) groups excluding carboxylic acids is 1. The highest BCUT2D eigenvalue weighted by molar-refractivity contribution is 6.01. The molecule has 1 saturated heterocycles. The number of para-hydroxylation sites is 1. The predicted octanol–water partition coefficient (Wildman–Crippen LogP) is 2.44. The van der Waals surface area contributed by atoms with Gasteiger partial charge >= 0.3 is 0 Å². The van der Waals surface area contributed by atoms with Crippen LogP contribution in [0.3, 0.4) is 0 Å². The number of likely N-dealkylation sites (N-methyl/N-ethyl adjacent to an activating group) is 1. The zero-order valence-corrected chi connectivity index (χ0v) is 12.6. The minimum atomic E-state index is -0.929. The van der Waals surface area contributed by atoms with Gasteiger partial charge in [-0.15, -0.1) is 0 Å². The maximum atomic E-state index is 12.8. The Labute approximate surface area is 124 Å². The van der Waals surface area contributed by atoms with Gasteiger partial charge in [-0.2, -0.15) is 0 Å². The Morgan fingerprint density at radius 1 is 1.48 bits per heavy atom. The van der Waals surface area contributed by atoms with Gasteiger partial charge in [0.15, 0.2) is 5.78 Å². The lowest BCUT2D eigenvalue weighted by Crippen LogP contribution is -2.54. The van der Waals surface area contributed by atoms with Crippen LogP contribution in [0.2, 0.25) is 0 Å². The van der Waals surface area contributed by atoms with Gasteiger partial charge in [0.05, 0.1) is 17.2 Å². The zero-order chi connectivity index (χ0) is 15.0. The van der Waals surface area contributed by atoms with Crippen molar-refractivity contribution in [1.29, 1.82) is 0 Å². The maximum Gasteiger partial charge on any atom is 0.185 e. The number of carbonyl (C=O) groups is 1. The number of benzene rings is 1. The van der Waals surface area contributed by atoms with E-state index in [1.807, 2.05) is 44.3 Å². The lowest BCUT2D eigenvalue weighted by molar-refractivity contribution is -0.0608. The molecule has 0 saturated carbocycles. The summed E-state index contributed by atoms with van der Waals surface area (Å²) < 4.78 is 0. The van der Waals surface area contributed by atoms with Crippen LogP contribution in [0, 0.1) is 5.92 Å². The number of β-amino-alcohol motifs (C(OH)–C–C–N with tert-alkyl or cyclic N) is 1. The maximum absolute atomic E-state index is 12.8. The number of hydrogen-bond donors (Lipinski definition) is 2. The molecule has 0 unspecified atom stereocenters. The van der Waals surface area contributed by atoms with Crippen LogP contribution in [0.5, 0.6) is 0 Å². The first kappa shape index (κ1) is 14.3. The molecule has 2 N–H and O–H groups in total. The van der Waals surface area contributed by atoms with Gasteiger partial charge in [0.1, 0.15) is 0 Å². The van der Waals surface area contributed by atoms with Gasteiger partial charge in [0.2, 0.25) is 0 Å². The van der Waals surface area contributed by atoms with Gasteiger partial charge in [0.25, 0.3) is 0 Å². The summed E-state index contributed by atoms with van der Waals surface area (Å²) in [6, 6.07) is 9.76. The lowest BCUT2D eigenvalue weighted by atomic mass is 9.76. The predicted molar refractivity (Wildman–Crippen MR) is 83.5 cm³/mol. The molecule has 1 aliphatic rings. The van der Waals surface area contributed by atoms with Crippen LogP contribution in [-0.2, 0) is 0 Å². The topological polar surface area (TPSA) is 56.3 Å². The summed E-state index contributed by atoms with van der Waals surface area (Å²) in [6.45, 7) is 3.35. The third kappa shape index (κ3) is 2.49. The van der Waals surface area contributed by atoms with Gasteiger partial charge < -0.3 is 15.0 Å². The molecule has 3 rings (SSSR count). The molecule has 1 aromatic heterocycles. The van der Waals surface area contributed by atoms with E-state index < -0.39 is 5.60 Å². The Bertz CT molecular complexity index is 631. The van der Waals surface area contributed by atoms with Gasteiger partial charge in [0, 0.05) is 17.4 Å². The van der Waals surface area contributed by atoms with Crippen molar-refractivity contribution in [3.05, 3.63) is 36.0 Å². The summed E-state index contributed by atoms with van der Waals surface area (Å²) in [5.74, 6) is -0.296. The SMILES string of the molecule is CC[C@@]1(O)CN(C)CC[C@H]1C(=O)c1cc2ccccc2[nH]1. The van der Waals surface area contributed by atoms with Crippen molar-refractivity contribution in [2.24, 2.45) is 5.92 Å². The number of hydrogen-bond acceptors (Lipinski definition) is 3. The van der Waals surface area contributed by atoms with Gasteiger partial charge in [-0.1, -0.05) is 25.1 Å². The third-order valence-corrected chi connectivity index (χ3v) is 4.72. The first-order chi connectivity index (χ1) is 10.0. The number of ketones is 1. The fourth-order valence-corrected chi connectivity index (χ4v) is 3.40. The average Bonchev–Trinajstić information content (AvgIpc) is 2.90. The van der Waals surface area contributed by atoms with E-state index in [9.17, 15) is 9.90 Å². The Balaban J connectivity index is 1.93. The van der Waals surface area contributed by atoms with E-state index in [1.165, 1.54) is 0 Å². The first-order valence-corrected chi connectivity index (χ1v) is 7.56. The number of aromatic amines is 1. The normalized spacial score (nSPS) is 27.1. The molecule has 0 amide bonds. The molecule has 2 heterocycles. The number of piperidine rings is 1. The largest absolute Gasteiger partial charge is 0.388 e. The molecule has 0 aliphatic carbocycles. The number of H-pyrrole nitrogens is 1. The van der Waals surface area contributed by atoms with Crippen molar-refractivity contribution in [2.75, 3.05) is 20.1 Å². The van der Waals surface area contributed by atoms with Crippen LogP contribution >= 0.6 is 0 Å². The number of nitrogens with one attached hydrogen (secondary N) is 1.